The van der Waals surface area contributed by atoms with Gasteiger partial charge in [0.1, 0.15) is 5.75 Å². The number of aromatic nitrogens is 1. The van der Waals surface area contributed by atoms with Gasteiger partial charge in [0.2, 0.25) is 0 Å². The van der Waals surface area contributed by atoms with Crippen molar-refractivity contribution in [2.24, 2.45) is 5.73 Å². The fraction of sp³-hybridized carbons (Fsp3) is 0.208. The molecule has 4 N–H and O–H groups in total. The molecule has 1 fully saturated rings. The van der Waals surface area contributed by atoms with Crippen LogP contribution in [0.1, 0.15) is 24.0 Å². The minimum Gasteiger partial charge on any atom is -0.507 e. The summed E-state index contributed by atoms with van der Waals surface area (Å²) in [6, 6.07) is 17.6. The molecule has 4 nitrogen and oxygen atoms in total. The fourth-order valence-electron chi connectivity index (χ4n) is 4.35. The highest BCUT2D eigenvalue weighted by Crippen LogP contribution is 2.48. The van der Waals surface area contributed by atoms with E-state index in [1.165, 1.54) is 5.56 Å². The van der Waals surface area contributed by atoms with E-state index in [2.05, 4.69) is 29.2 Å². The second kappa shape index (κ2) is 6.90. The van der Waals surface area contributed by atoms with Gasteiger partial charge in [-0.05, 0) is 54.0 Å². The van der Waals surface area contributed by atoms with Gasteiger partial charge in [-0.25, -0.2) is 0 Å². The number of nitrogens with two attached hydrogens (primary N) is 1. The number of aromatic hydroxyl groups is 1. The van der Waals surface area contributed by atoms with E-state index in [1.54, 1.807) is 6.07 Å². The van der Waals surface area contributed by atoms with Gasteiger partial charge >= 0.3 is 0 Å². The topological polar surface area (TPSA) is 79.1 Å². The third-order valence-corrected chi connectivity index (χ3v) is 6.21. The molecule has 0 saturated heterocycles. The first-order valence-electron chi connectivity index (χ1n) is 9.62. The quantitative estimate of drug-likeness (QED) is 0.428. The molecular weight excluding hydrogens is 384 g/mol. The second-order valence-corrected chi connectivity index (χ2v) is 7.90. The highest BCUT2D eigenvalue weighted by atomic mass is 35.5. The SMILES string of the molecule is Cc1cc(O)c(-c2ccc(C3(CN)CC3)cc2)c2c1[nH]c(=O)c1ccccc12.Cl. The molecule has 1 heterocycles. The molecule has 29 heavy (non-hydrogen) atoms. The Balaban J connectivity index is 0.00000205. The monoisotopic (exact) mass is 406 g/mol. The van der Waals surface area contributed by atoms with Crippen LogP contribution >= 0.6 is 12.4 Å². The lowest BCUT2D eigenvalue weighted by molar-refractivity contribution is 0.477. The Morgan fingerprint density at radius 3 is 2.34 bits per heavy atom. The number of nitrogens with one attached hydrogen (secondary N) is 1. The summed E-state index contributed by atoms with van der Waals surface area (Å²) < 4.78 is 0. The molecule has 5 heteroatoms. The molecule has 1 aliphatic rings. The summed E-state index contributed by atoms with van der Waals surface area (Å²) >= 11 is 0. The number of fused-ring (bicyclic) bond motifs is 3. The molecule has 1 aliphatic carbocycles. The van der Waals surface area contributed by atoms with Gasteiger partial charge in [-0.2, -0.15) is 0 Å². The van der Waals surface area contributed by atoms with Crippen LogP contribution in [0.3, 0.4) is 0 Å². The molecular formula is C24H23ClN2O2. The fourth-order valence-corrected chi connectivity index (χ4v) is 4.35. The van der Waals surface area contributed by atoms with Gasteiger partial charge in [-0.15, -0.1) is 12.4 Å². The van der Waals surface area contributed by atoms with E-state index in [-0.39, 0.29) is 29.1 Å². The van der Waals surface area contributed by atoms with E-state index in [1.807, 2.05) is 31.2 Å². The molecule has 0 amide bonds. The maximum atomic E-state index is 12.5. The van der Waals surface area contributed by atoms with Crippen molar-refractivity contribution in [1.29, 1.82) is 0 Å². The average Bonchev–Trinajstić information content (AvgIpc) is 3.51. The molecule has 0 spiro atoms. The summed E-state index contributed by atoms with van der Waals surface area (Å²) in [6.45, 7) is 2.56. The van der Waals surface area contributed by atoms with Crippen LogP contribution in [-0.4, -0.2) is 16.6 Å². The first-order valence-corrected chi connectivity index (χ1v) is 9.62. The summed E-state index contributed by atoms with van der Waals surface area (Å²) in [7, 11) is 0. The smallest absolute Gasteiger partial charge is 0.256 e. The van der Waals surface area contributed by atoms with Crippen LogP contribution in [0.25, 0.3) is 32.8 Å². The third kappa shape index (κ3) is 2.91. The van der Waals surface area contributed by atoms with Gasteiger partial charge in [-0.1, -0.05) is 42.5 Å². The largest absolute Gasteiger partial charge is 0.507 e. The van der Waals surface area contributed by atoms with Crippen LogP contribution in [-0.2, 0) is 5.41 Å². The molecule has 0 radical (unpaired) electrons. The number of halogens is 1. The van der Waals surface area contributed by atoms with Crippen molar-refractivity contribution in [3.05, 3.63) is 76.1 Å². The van der Waals surface area contributed by atoms with Crippen molar-refractivity contribution in [1.82, 2.24) is 4.98 Å². The second-order valence-electron chi connectivity index (χ2n) is 7.90. The Kier molecular flexibility index (Phi) is 4.64. The Hall–Kier alpha value is -2.82. The lowest BCUT2D eigenvalue weighted by atomic mass is 9.90. The summed E-state index contributed by atoms with van der Waals surface area (Å²) in [5.41, 5.74) is 10.5. The van der Waals surface area contributed by atoms with E-state index in [0.717, 1.165) is 45.8 Å². The van der Waals surface area contributed by atoms with Crippen LogP contribution in [0.15, 0.2) is 59.4 Å². The molecule has 0 atom stereocenters. The van der Waals surface area contributed by atoms with Gasteiger partial charge in [0.15, 0.2) is 0 Å². The number of H-pyrrole nitrogens is 1. The molecule has 1 aromatic heterocycles. The van der Waals surface area contributed by atoms with Crippen LogP contribution < -0.4 is 11.3 Å². The third-order valence-electron chi connectivity index (χ3n) is 6.21. The lowest BCUT2D eigenvalue weighted by Gasteiger charge is -2.16. The highest BCUT2D eigenvalue weighted by molar-refractivity contribution is 6.14. The van der Waals surface area contributed by atoms with E-state index >= 15 is 0 Å². The Morgan fingerprint density at radius 2 is 1.72 bits per heavy atom. The first-order chi connectivity index (χ1) is 13.5. The number of hydrogen-bond donors (Lipinski definition) is 3. The first kappa shape index (κ1) is 19.5. The lowest BCUT2D eigenvalue weighted by Crippen LogP contribution is -2.19. The van der Waals surface area contributed by atoms with Crippen molar-refractivity contribution in [3.8, 4) is 16.9 Å². The summed E-state index contributed by atoms with van der Waals surface area (Å²) in [5, 5.41) is 13.2. The van der Waals surface area contributed by atoms with Crippen molar-refractivity contribution >= 4 is 34.1 Å². The molecule has 0 unspecified atom stereocenters. The molecule has 148 valence electrons. The number of pyridine rings is 1. The van der Waals surface area contributed by atoms with Crippen LogP contribution in [0, 0.1) is 6.92 Å². The summed E-state index contributed by atoms with van der Waals surface area (Å²) in [4.78, 5) is 15.6. The number of aryl methyl sites for hydroxylation is 1. The van der Waals surface area contributed by atoms with Gasteiger partial charge in [0.05, 0.1) is 5.52 Å². The Morgan fingerprint density at radius 1 is 1.07 bits per heavy atom. The molecule has 0 aliphatic heterocycles. The van der Waals surface area contributed by atoms with Crippen LogP contribution in [0.5, 0.6) is 5.75 Å². The molecule has 4 aromatic rings. The van der Waals surface area contributed by atoms with E-state index in [0.29, 0.717) is 11.9 Å². The highest BCUT2D eigenvalue weighted by Gasteiger charge is 2.42. The Bertz CT molecular complexity index is 1290. The summed E-state index contributed by atoms with van der Waals surface area (Å²) in [5.74, 6) is 0.218. The van der Waals surface area contributed by atoms with E-state index in [4.69, 9.17) is 5.73 Å². The van der Waals surface area contributed by atoms with Crippen molar-refractivity contribution < 1.29 is 5.11 Å². The zero-order valence-corrected chi connectivity index (χ0v) is 17.0. The maximum Gasteiger partial charge on any atom is 0.256 e. The number of hydrogen-bond acceptors (Lipinski definition) is 3. The predicted octanol–water partition coefficient (Wildman–Crippen LogP) is 4.77. The van der Waals surface area contributed by atoms with Crippen LogP contribution in [0.4, 0.5) is 0 Å². The van der Waals surface area contributed by atoms with Gasteiger partial charge in [-0.3, -0.25) is 4.79 Å². The average molecular weight is 407 g/mol. The number of benzene rings is 3. The van der Waals surface area contributed by atoms with E-state index in [9.17, 15) is 9.90 Å². The zero-order chi connectivity index (χ0) is 19.5. The molecule has 0 bridgehead atoms. The van der Waals surface area contributed by atoms with Gasteiger partial charge < -0.3 is 15.8 Å². The van der Waals surface area contributed by atoms with E-state index < -0.39 is 0 Å². The minimum atomic E-state index is -0.114. The zero-order valence-electron chi connectivity index (χ0n) is 16.2. The Labute approximate surface area is 174 Å². The number of phenols is 1. The van der Waals surface area contributed by atoms with Crippen molar-refractivity contribution in [2.75, 3.05) is 6.54 Å². The van der Waals surface area contributed by atoms with Gasteiger partial charge in [0.25, 0.3) is 5.56 Å². The standard InChI is InChI=1S/C24H22N2O2.ClH/c1-14-12-19(27)20(15-6-8-16(9-7-15)24(13-25)10-11-24)21-17-4-2-3-5-18(17)23(28)26-22(14)21;/h2-9,12,27H,10-11,13,25H2,1H3,(H,26,28);1H. The van der Waals surface area contributed by atoms with Gasteiger partial charge in [0, 0.05) is 28.3 Å². The number of phenolic OH excluding ortho intramolecular Hbond substituents is 1. The molecule has 3 aromatic carbocycles. The maximum absolute atomic E-state index is 12.5. The number of aromatic amines is 1. The van der Waals surface area contributed by atoms with Crippen molar-refractivity contribution in [2.45, 2.75) is 25.2 Å². The van der Waals surface area contributed by atoms with Crippen LogP contribution in [0.2, 0.25) is 0 Å². The summed E-state index contributed by atoms with van der Waals surface area (Å²) in [6.07, 6.45) is 2.26. The number of rotatable bonds is 3. The normalized spacial score (nSPS) is 14.7. The molecule has 1 saturated carbocycles. The minimum absolute atomic E-state index is 0. The molecule has 5 rings (SSSR count). The predicted molar refractivity (Wildman–Crippen MR) is 121 cm³/mol. The van der Waals surface area contributed by atoms with Crippen molar-refractivity contribution in [3.63, 3.8) is 0 Å².